The van der Waals surface area contributed by atoms with Crippen LogP contribution in [0.2, 0.25) is 0 Å². The molecule has 1 aliphatic rings. The van der Waals surface area contributed by atoms with Crippen LogP contribution in [0, 0.1) is 11.3 Å². The second-order valence-corrected chi connectivity index (χ2v) is 7.74. The van der Waals surface area contributed by atoms with Gasteiger partial charge in [-0.1, -0.05) is 40.0 Å². The second kappa shape index (κ2) is 8.14. The van der Waals surface area contributed by atoms with Gasteiger partial charge in [-0.25, -0.2) is 0 Å². The average molecular weight is 298 g/mol. The maximum Gasteiger partial charge on any atom is 0.220 e. The van der Waals surface area contributed by atoms with E-state index in [0.717, 1.165) is 38.5 Å². The van der Waals surface area contributed by atoms with E-state index in [0.29, 0.717) is 25.4 Å². The summed E-state index contributed by atoms with van der Waals surface area (Å²) in [7, 11) is 0. The van der Waals surface area contributed by atoms with Gasteiger partial charge in [0.2, 0.25) is 5.91 Å². The molecule has 1 saturated carbocycles. The zero-order valence-corrected chi connectivity index (χ0v) is 14.1. The molecule has 0 aromatic carbocycles. The molecule has 4 heteroatoms. The van der Waals surface area contributed by atoms with E-state index in [2.05, 4.69) is 26.1 Å². The molecule has 1 aliphatic carbocycles. The van der Waals surface area contributed by atoms with Crippen molar-refractivity contribution >= 4 is 5.91 Å². The van der Waals surface area contributed by atoms with Crippen LogP contribution in [-0.4, -0.2) is 29.7 Å². The van der Waals surface area contributed by atoms with Crippen LogP contribution in [0.1, 0.15) is 72.1 Å². The number of rotatable bonds is 7. The predicted octanol–water partition coefficient (Wildman–Crippen LogP) is 2.59. The largest absolute Gasteiger partial charge is 0.388 e. The average Bonchev–Trinajstić information content (AvgIpc) is 2.41. The zero-order valence-electron chi connectivity index (χ0n) is 14.1. The molecule has 0 aromatic heterocycles. The SMILES string of the molecule is CC(C)(C)C(CCN)CCC(=O)NCC1(O)CCCCC1. The summed E-state index contributed by atoms with van der Waals surface area (Å²) in [5.41, 5.74) is 5.18. The van der Waals surface area contributed by atoms with Gasteiger partial charge in [0.1, 0.15) is 0 Å². The monoisotopic (exact) mass is 298 g/mol. The lowest BCUT2D eigenvalue weighted by molar-refractivity contribution is -0.123. The van der Waals surface area contributed by atoms with E-state index in [9.17, 15) is 9.90 Å². The van der Waals surface area contributed by atoms with Gasteiger partial charge in [0.05, 0.1) is 5.60 Å². The third kappa shape index (κ3) is 6.79. The van der Waals surface area contributed by atoms with Crippen LogP contribution in [0.25, 0.3) is 0 Å². The molecule has 124 valence electrons. The van der Waals surface area contributed by atoms with Crippen molar-refractivity contribution in [3.05, 3.63) is 0 Å². The van der Waals surface area contributed by atoms with E-state index in [1.807, 2.05) is 0 Å². The van der Waals surface area contributed by atoms with Crippen LogP contribution < -0.4 is 11.1 Å². The summed E-state index contributed by atoms with van der Waals surface area (Å²) < 4.78 is 0. The first-order valence-electron chi connectivity index (χ1n) is 8.46. The van der Waals surface area contributed by atoms with E-state index in [4.69, 9.17) is 5.73 Å². The standard InChI is InChI=1S/C17H34N2O2/c1-16(2,3)14(9-12-18)7-8-15(20)19-13-17(21)10-5-4-6-11-17/h14,21H,4-13,18H2,1-3H3,(H,19,20). The van der Waals surface area contributed by atoms with E-state index in [1.54, 1.807) is 0 Å². The van der Waals surface area contributed by atoms with Gasteiger partial charge in [-0.15, -0.1) is 0 Å². The molecule has 1 fully saturated rings. The fourth-order valence-corrected chi connectivity index (χ4v) is 3.26. The number of hydrogen-bond acceptors (Lipinski definition) is 3. The first kappa shape index (κ1) is 18.4. The van der Waals surface area contributed by atoms with Crippen molar-refractivity contribution in [1.29, 1.82) is 0 Å². The molecule has 21 heavy (non-hydrogen) atoms. The summed E-state index contributed by atoms with van der Waals surface area (Å²) >= 11 is 0. The molecule has 0 aliphatic heterocycles. The van der Waals surface area contributed by atoms with Crippen molar-refractivity contribution in [3.8, 4) is 0 Å². The lowest BCUT2D eigenvalue weighted by Gasteiger charge is -2.32. The summed E-state index contributed by atoms with van der Waals surface area (Å²) in [5, 5.41) is 13.3. The van der Waals surface area contributed by atoms with Crippen LogP contribution in [-0.2, 0) is 4.79 Å². The highest BCUT2D eigenvalue weighted by Crippen LogP contribution is 2.32. The maximum atomic E-state index is 12.0. The fourth-order valence-electron chi connectivity index (χ4n) is 3.26. The van der Waals surface area contributed by atoms with E-state index >= 15 is 0 Å². The third-order valence-electron chi connectivity index (χ3n) is 4.86. The number of hydrogen-bond donors (Lipinski definition) is 3. The Kier molecular flexibility index (Phi) is 7.14. The number of carbonyl (C=O) groups is 1. The van der Waals surface area contributed by atoms with Crippen LogP contribution in [0.5, 0.6) is 0 Å². The van der Waals surface area contributed by atoms with Gasteiger partial charge in [0, 0.05) is 13.0 Å². The number of amides is 1. The molecule has 0 bridgehead atoms. The molecule has 4 N–H and O–H groups in total. The van der Waals surface area contributed by atoms with Gasteiger partial charge in [0.15, 0.2) is 0 Å². The molecule has 0 radical (unpaired) electrons. The first-order chi connectivity index (χ1) is 9.77. The fraction of sp³-hybridized carbons (Fsp3) is 0.941. The summed E-state index contributed by atoms with van der Waals surface area (Å²) in [6.45, 7) is 7.69. The predicted molar refractivity (Wildman–Crippen MR) is 86.9 cm³/mol. The van der Waals surface area contributed by atoms with Crippen molar-refractivity contribution in [3.63, 3.8) is 0 Å². The highest BCUT2D eigenvalue weighted by atomic mass is 16.3. The van der Waals surface area contributed by atoms with E-state index < -0.39 is 5.60 Å². The van der Waals surface area contributed by atoms with Gasteiger partial charge in [-0.3, -0.25) is 4.79 Å². The van der Waals surface area contributed by atoms with Crippen LogP contribution in [0.15, 0.2) is 0 Å². The number of carbonyl (C=O) groups excluding carboxylic acids is 1. The Balaban J connectivity index is 2.32. The Morgan fingerprint density at radius 2 is 1.86 bits per heavy atom. The molecule has 1 atom stereocenters. The topological polar surface area (TPSA) is 75.4 Å². The minimum Gasteiger partial charge on any atom is -0.388 e. The van der Waals surface area contributed by atoms with Crippen LogP contribution in [0.3, 0.4) is 0 Å². The van der Waals surface area contributed by atoms with Crippen molar-refractivity contribution in [1.82, 2.24) is 5.32 Å². The first-order valence-corrected chi connectivity index (χ1v) is 8.46. The summed E-state index contributed by atoms with van der Waals surface area (Å²) in [4.78, 5) is 12.0. The molecule has 0 spiro atoms. The number of aliphatic hydroxyl groups is 1. The van der Waals surface area contributed by atoms with Gasteiger partial charge >= 0.3 is 0 Å². The lowest BCUT2D eigenvalue weighted by Crippen LogP contribution is -2.44. The molecule has 1 amide bonds. The number of nitrogens with two attached hydrogens (primary N) is 1. The minimum atomic E-state index is -0.672. The molecule has 1 unspecified atom stereocenters. The Bertz CT molecular complexity index is 317. The maximum absolute atomic E-state index is 12.0. The number of nitrogens with one attached hydrogen (secondary N) is 1. The summed E-state index contributed by atoms with van der Waals surface area (Å²) in [6.07, 6.45) is 7.30. The minimum absolute atomic E-state index is 0.0558. The summed E-state index contributed by atoms with van der Waals surface area (Å²) in [6, 6.07) is 0. The van der Waals surface area contributed by atoms with Gasteiger partial charge in [-0.2, -0.15) is 0 Å². The highest BCUT2D eigenvalue weighted by molar-refractivity contribution is 5.75. The molecule has 0 heterocycles. The van der Waals surface area contributed by atoms with Crippen LogP contribution >= 0.6 is 0 Å². The second-order valence-electron chi connectivity index (χ2n) is 7.74. The van der Waals surface area contributed by atoms with Crippen molar-refractivity contribution in [2.45, 2.75) is 77.7 Å². The highest BCUT2D eigenvalue weighted by Gasteiger charge is 2.30. The molecule has 0 aromatic rings. The Hall–Kier alpha value is -0.610. The molecular weight excluding hydrogens is 264 g/mol. The van der Waals surface area contributed by atoms with Gasteiger partial charge in [0.25, 0.3) is 0 Å². The lowest BCUT2D eigenvalue weighted by atomic mass is 9.76. The van der Waals surface area contributed by atoms with E-state index in [1.165, 1.54) is 6.42 Å². The Labute approximate surface area is 129 Å². The molecular formula is C17H34N2O2. The summed E-state index contributed by atoms with van der Waals surface area (Å²) in [5.74, 6) is 0.520. The normalized spacial score (nSPS) is 20.0. The van der Waals surface area contributed by atoms with Crippen molar-refractivity contribution in [2.24, 2.45) is 17.1 Å². The Morgan fingerprint density at radius 1 is 1.24 bits per heavy atom. The van der Waals surface area contributed by atoms with Gasteiger partial charge in [-0.05, 0) is 43.6 Å². The smallest absolute Gasteiger partial charge is 0.220 e. The Morgan fingerprint density at radius 3 is 2.38 bits per heavy atom. The zero-order chi connectivity index (χ0) is 15.9. The van der Waals surface area contributed by atoms with Gasteiger partial charge < -0.3 is 16.2 Å². The van der Waals surface area contributed by atoms with Crippen LogP contribution in [0.4, 0.5) is 0 Å². The quantitative estimate of drug-likeness (QED) is 0.676. The van der Waals surface area contributed by atoms with E-state index in [-0.39, 0.29) is 11.3 Å². The molecule has 0 saturated heterocycles. The molecule has 1 rings (SSSR count). The third-order valence-corrected chi connectivity index (χ3v) is 4.86. The van der Waals surface area contributed by atoms with Crippen molar-refractivity contribution < 1.29 is 9.90 Å². The molecule has 4 nitrogen and oxygen atoms in total. The van der Waals surface area contributed by atoms with Crippen molar-refractivity contribution in [2.75, 3.05) is 13.1 Å².